The highest BCUT2D eigenvalue weighted by Crippen LogP contribution is 2.12. The molecular weight excluding hydrogens is 266 g/mol. The average molecular weight is 289 g/mol. The van der Waals surface area contributed by atoms with Crippen LogP contribution in [0.2, 0.25) is 0 Å². The van der Waals surface area contributed by atoms with Gasteiger partial charge in [0.2, 0.25) is 5.91 Å². The van der Waals surface area contributed by atoms with Gasteiger partial charge in [-0.1, -0.05) is 30.3 Å². The van der Waals surface area contributed by atoms with E-state index in [4.69, 9.17) is 0 Å². The van der Waals surface area contributed by atoms with Crippen molar-refractivity contribution >= 4 is 11.9 Å². The second-order valence-corrected chi connectivity index (χ2v) is 5.62. The fourth-order valence-electron chi connectivity index (χ4n) is 2.49. The summed E-state index contributed by atoms with van der Waals surface area (Å²) in [6.07, 6.45) is 2.62. The number of nitrogens with zero attached hydrogens (tertiary/aromatic N) is 2. The molecule has 0 aliphatic carbocycles. The van der Waals surface area contributed by atoms with Gasteiger partial charge >= 0.3 is 6.03 Å². The number of carbonyl (C=O) groups is 2. The third-order valence-corrected chi connectivity index (χ3v) is 3.70. The summed E-state index contributed by atoms with van der Waals surface area (Å²) in [5, 5.41) is 2.84. The molecule has 1 aromatic rings. The van der Waals surface area contributed by atoms with Gasteiger partial charge in [0, 0.05) is 33.6 Å². The monoisotopic (exact) mass is 289 g/mol. The van der Waals surface area contributed by atoms with Crippen LogP contribution in [0.5, 0.6) is 0 Å². The predicted molar refractivity (Wildman–Crippen MR) is 82.0 cm³/mol. The van der Waals surface area contributed by atoms with Crippen molar-refractivity contribution in [3.63, 3.8) is 0 Å². The van der Waals surface area contributed by atoms with Gasteiger partial charge in [-0.25, -0.2) is 4.79 Å². The zero-order valence-electron chi connectivity index (χ0n) is 12.7. The quantitative estimate of drug-likeness (QED) is 0.913. The van der Waals surface area contributed by atoms with Crippen LogP contribution in [0.4, 0.5) is 4.79 Å². The fourth-order valence-corrected chi connectivity index (χ4v) is 2.49. The maximum atomic E-state index is 12.6. The molecule has 1 aliphatic heterocycles. The van der Waals surface area contributed by atoms with Crippen LogP contribution >= 0.6 is 0 Å². The lowest BCUT2D eigenvalue weighted by atomic mass is 10.0. The fraction of sp³-hybridized carbons (Fsp3) is 0.500. The Balaban J connectivity index is 2.09. The standard InChI is InChI=1S/C16H23N3O2/c1-18(2)16(21)17-14(12-13-8-4-3-5-9-13)15(20)19-10-6-7-11-19/h3-5,8-9,14H,6-7,10-12H2,1-2H3,(H,17,21)/t14-/m0/s1. The van der Waals surface area contributed by atoms with Gasteiger partial charge in [0.1, 0.15) is 6.04 Å². The van der Waals surface area contributed by atoms with E-state index in [1.165, 1.54) is 4.90 Å². The van der Waals surface area contributed by atoms with Crippen molar-refractivity contribution < 1.29 is 9.59 Å². The first-order valence-corrected chi connectivity index (χ1v) is 7.38. The van der Waals surface area contributed by atoms with Gasteiger partial charge in [-0.3, -0.25) is 4.79 Å². The van der Waals surface area contributed by atoms with Crippen LogP contribution in [0.15, 0.2) is 30.3 Å². The molecule has 1 atom stereocenters. The van der Waals surface area contributed by atoms with E-state index in [9.17, 15) is 9.59 Å². The van der Waals surface area contributed by atoms with Gasteiger partial charge in [0.25, 0.3) is 0 Å². The summed E-state index contributed by atoms with van der Waals surface area (Å²) in [6.45, 7) is 1.59. The first-order chi connectivity index (χ1) is 10.1. The molecule has 1 saturated heterocycles. The van der Waals surface area contributed by atoms with Crippen LogP contribution in [-0.4, -0.2) is 55.0 Å². The summed E-state index contributed by atoms with van der Waals surface area (Å²) in [4.78, 5) is 27.8. The second kappa shape index (κ2) is 7.11. The first-order valence-electron chi connectivity index (χ1n) is 7.38. The number of hydrogen-bond acceptors (Lipinski definition) is 2. The van der Waals surface area contributed by atoms with Crippen LogP contribution in [0.1, 0.15) is 18.4 Å². The van der Waals surface area contributed by atoms with Gasteiger partial charge in [-0.2, -0.15) is 0 Å². The van der Waals surface area contributed by atoms with Crippen LogP contribution in [0, 0.1) is 0 Å². The van der Waals surface area contributed by atoms with Crippen molar-refractivity contribution in [3.8, 4) is 0 Å². The maximum Gasteiger partial charge on any atom is 0.317 e. The molecule has 0 radical (unpaired) electrons. The van der Waals surface area contributed by atoms with E-state index in [-0.39, 0.29) is 11.9 Å². The number of carbonyl (C=O) groups excluding carboxylic acids is 2. The molecule has 1 aliphatic rings. The molecule has 3 amide bonds. The summed E-state index contributed by atoms with van der Waals surface area (Å²) >= 11 is 0. The Hall–Kier alpha value is -2.04. The minimum Gasteiger partial charge on any atom is -0.341 e. The molecule has 2 rings (SSSR count). The second-order valence-electron chi connectivity index (χ2n) is 5.62. The van der Waals surface area contributed by atoms with Gasteiger partial charge in [0.15, 0.2) is 0 Å². The number of benzene rings is 1. The zero-order valence-corrected chi connectivity index (χ0v) is 12.7. The molecule has 0 bridgehead atoms. The van der Waals surface area contributed by atoms with Crippen molar-refractivity contribution in [2.45, 2.75) is 25.3 Å². The normalized spacial score (nSPS) is 15.6. The summed E-state index contributed by atoms with van der Waals surface area (Å²) in [5.41, 5.74) is 1.05. The minimum absolute atomic E-state index is 0.0200. The lowest BCUT2D eigenvalue weighted by Crippen LogP contribution is -2.51. The summed E-state index contributed by atoms with van der Waals surface area (Å²) in [6, 6.07) is 9.06. The molecule has 0 spiro atoms. The summed E-state index contributed by atoms with van der Waals surface area (Å²) in [5.74, 6) is 0.0200. The molecule has 1 aromatic carbocycles. The summed E-state index contributed by atoms with van der Waals surface area (Å²) < 4.78 is 0. The van der Waals surface area contributed by atoms with Crippen molar-refractivity contribution in [3.05, 3.63) is 35.9 Å². The lowest BCUT2D eigenvalue weighted by Gasteiger charge is -2.25. The molecule has 1 heterocycles. The van der Waals surface area contributed by atoms with Crippen LogP contribution in [0.25, 0.3) is 0 Å². The molecule has 5 heteroatoms. The predicted octanol–water partition coefficient (Wildman–Crippen LogP) is 1.49. The Kier molecular flexibility index (Phi) is 5.20. The lowest BCUT2D eigenvalue weighted by molar-refractivity contribution is -0.132. The Bertz CT molecular complexity index is 482. The van der Waals surface area contributed by atoms with Crippen molar-refractivity contribution in [1.82, 2.24) is 15.1 Å². The topological polar surface area (TPSA) is 52.7 Å². The third kappa shape index (κ3) is 4.21. The molecule has 0 unspecified atom stereocenters. The van der Waals surface area contributed by atoms with E-state index in [0.717, 1.165) is 31.5 Å². The van der Waals surface area contributed by atoms with Crippen molar-refractivity contribution in [2.24, 2.45) is 0 Å². The number of likely N-dealkylation sites (tertiary alicyclic amines) is 1. The van der Waals surface area contributed by atoms with E-state index in [2.05, 4.69) is 5.32 Å². The molecular formula is C16H23N3O2. The Morgan fingerprint density at radius 3 is 2.38 bits per heavy atom. The average Bonchev–Trinajstić information content (AvgIpc) is 3.01. The molecule has 0 saturated carbocycles. The Morgan fingerprint density at radius 2 is 1.81 bits per heavy atom. The number of rotatable bonds is 4. The van der Waals surface area contributed by atoms with Gasteiger partial charge in [-0.05, 0) is 18.4 Å². The highest BCUT2D eigenvalue weighted by molar-refractivity contribution is 5.87. The van der Waals surface area contributed by atoms with Gasteiger partial charge in [-0.15, -0.1) is 0 Å². The van der Waals surface area contributed by atoms with Crippen molar-refractivity contribution in [1.29, 1.82) is 0 Å². The highest BCUT2D eigenvalue weighted by Gasteiger charge is 2.28. The third-order valence-electron chi connectivity index (χ3n) is 3.70. The van der Waals surface area contributed by atoms with Crippen LogP contribution in [0.3, 0.4) is 0 Å². The van der Waals surface area contributed by atoms with E-state index in [1.807, 2.05) is 35.2 Å². The number of urea groups is 1. The maximum absolute atomic E-state index is 12.6. The number of nitrogens with one attached hydrogen (secondary N) is 1. The molecule has 1 fully saturated rings. The van der Waals surface area contributed by atoms with E-state index in [0.29, 0.717) is 6.42 Å². The van der Waals surface area contributed by atoms with E-state index in [1.54, 1.807) is 14.1 Å². The van der Waals surface area contributed by atoms with Crippen LogP contribution in [-0.2, 0) is 11.2 Å². The number of hydrogen-bond donors (Lipinski definition) is 1. The molecule has 114 valence electrons. The Labute approximate surface area is 125 Å². The molecule has 21 heavy (non-hydrogen) atoms. The molecule has 1 N–H and O–H groups in total. The minimum atomic E-state index is -0.500. The van der Waals surface area contributed by atoms with Gasteiger partial charge in [0.05, 0.1) is 0 Å². The van der Waals surface area contributed by atoms with E-state index >= 15 is 0 Å². The SMILES string of the molecule is CN(C)C(=O)N[C@@H](Cc1ccccc1)C(=O)N1CCCC1. The van der Waals surface area contributed by atoms with Gasteiger partial charge < -0.3 is 15.1 Å². The number of amides is 3. The smallest absolute Gasteiger partial charge is 0.317 e. The largest absolute Gasteiger partial charge is 0.341 e. The molecule has 0 aromatic heterocycles. The van der Waals surface area contributed by atoms with Crippen molar-refractivity contribution in [2.75, 3.05) is 27.2 Å². The Morgan fingerprint density at radius 1 is 1.19 bits per heavy atom. The van der Waals surface area contributed by atoms with Crippen LogP contribution < -0.4 is 5.32 Å². The first kappa shape index (κ1) is 15.4. The summed E-state index contributed by atoms with van der Waals surface area (Å²) in [7, 11) is 3.35. The zero-order chi connectivity index (χ0) is 15.2. The van der Waals surface area contributed by atoms with E-state index < -0.39 is 6.04 Å². The molecule has 5 nitrogen and oxygen atoms in total. The highest BCUT2D eigenvalue weighted by atomic mass is 16.2.